The third kappa shape index (κ3) is 5.24. The largest absolute Gasteiger partial charge is 0.457 e. The van der Waals surface area contributed by atoms with Crippen LogP contribution in [-0.2, 0) is 16.1 Å². The van der Waals surface area contributed by atoms with E-state index in [1.165, 1.54) is 11.8 Å². The molecule has 0 aliphatic rings. The standard InChI is InChI=1S/C23H27ClN4O3S/c1-6-27-22(17-7-9-18(24)10-8-17)25-26-23(27)32-13-21(30)31-12-20(29)19-11-15(4)28(14(2)3)16(19)5/h7-11,14H,6,12-13H2,1-5H3. The van der Waals surface area contributed by atoms with Gasteiger partial charge in [0, 0.05) is 40.1 Å². The second-order valence-electron chi connectivity index (χ2n) is 7.68. The Kier molecular flexibility index (Phi) is 7.79. The molecule has 0 bridgehead atoms. The molecule has 0 saturated heterocycles. The van der Waals surface area contributed by atoms with Gasteiger partial charge in [0.2, 0.25) is 5.78 Å². The Hall–Kier alpha value is -2.58. The van der Waals surface area contributed by atoms with Crippen LogP contribution < -0.4 is 0 Å². The fourth-order valence-electron chi connectivity index (χ4n) is 3.74. The van der Waals surface area contributed by atoms with E-state index < -0.39 is 5.97 Å². The molecule has 0 radical (unpaired) electrons. The molecule has 0 amide bonds. The zero-order chi connectivity index (χ0) is 23.4. The number of esters is 1. The maximum Gasteiger partial charge on any atom is 0.316 e. The number of carbonyl (C=O) groups is 2. The smallest absolute Gasteiger partial charge is 0.316 e. The van der Waals surface area contributed by atoms with Gasteiger partial charge in [-0.15, -0.1) is 10.2 Å². The summed E-state index contributed by atoms with van der Waals surface area (Å²) in [4.78, 5) is 24.8. The van der Waals surface area contributed by atoms with Gasteiger partial charge in [0.05, 0.1) is 5.75 Å². The molecule has 0 fully saturated rings. The van der Waals surface area contributed by atoms with Gasteiger partial charge in [0.1, 0.15) is 0 Å². The molecule has 0 aliphatic carbocycles. The molecule has 9 heteroatoms. The molecule has 1 aromatic carbocycles. The summed E-state index contributed by atoms with van der Waals surface area (Å²) in [5, 5.41) is 9.72. The molecule has 0 saturated carbocycles. The molecule has 2 heterocycles. The van der Waals surface area contributed by atoms with Crippen molar-refractivity contribution in [2.75, 3.05) is 12.4 Å². The van der Waals surface area contributed by atoms with E-state index in [2.05, 4.69) is 28.6 Å². The number of aromatic nitrogens is 4. The number of benzene rings is 1. The molecule has 0 spiro atoms. The number of thioether (sulfide) groups is 1. The lowest BCUT2D eigenvalue weighted by molar-refractivity contribution is -0.139. The molecule has 3 aromatic rings. The normalized spacial score (nSPS) is 11.2. The molecular weight excluding hydrogens is 448 g/mol. The Labute approximate surface area is 197 Å². The molecule has 7 nitrogen and oxygen atoms in total. The molecule has 2 aromatic heterocycles. The summed E-state index contributed by atoms with van der Waals surface area (Å²) in [6, 6.07) is 9.45. The summed E-state index contributed by atoms with van der Waals surface area (Å²) in [5.74, 6) is 0.0670. The van der Waals surface area contributed by atoms with Crippen LogP contribution in [-0.4, -0.2) is 43.4 Å². The lowest BCUT2D eigenvalue weighted by Crippen LogP contribution is -2.16. The molecule has 0 atom stereocenters. The number of hydrogen-bond donors (Lipinski definition) is 0. The van der Waals surface area contributed by atoms with Gasteiger partial charge in [-0.3, -0.25) is 9.59 Å². The van der Waals surface area contributed by atoms with E-state index >= 15 is 0 Å². The Morgan fingerprint density at radius 3 is 2.44 bits per heavy atom. The maximum atomic E-state index is 12.6. The summed E-state index contributed by atoms with van der Waals surface area (Å²) in [5.41, 5.74) is 3.38. The SMILES string of the molecule is CCn1c(SCC(=O)OCC(=O)c2cc(C)n(C(C)C)c2C)nnc1-c1ccc(Cl)cc1. The highest BCUT2D eigenvalue weighted by atomic mass is 35.5. The van der Waals surface area contributed by atoms with Crippen molar-refractivity contribution in [2.45, 2.75) is 52.4 Å². The monoisotopic (exact) mass is 474 g/mol. The minimum Gasteiger partial charge on any atom is -0.457 e. The number of halogens is 1. The van der Waals surface area contributed by atoms with Crippen molar-refractivity contribution in [3.63, 3.8) is 0 Å². The Balaban J connectivity index is 1.59. The first kappa shape index (κ1) is 24.1. The Morgan fingerprint density at radius 1 is 1.16 bits per heavy atom. The highest BCUT2D eigenvalue weighted by molar-refractivity contribution is 7.99. The highest BCUT2D eigenvalue weighted by Gasteiger charge is 2.19. The quantitative estimate of drug-likeness (QED) is 0.243. The van der Waals surface area contributed by atoms with Gasteiger partial charge < -0.3 is 13.9 Å². The third-order valence-corrected chi connectivity index (χ3v) is 6.31. The lowest BCUT2D eigenvalue weighted by Gasteiger charge is -2.13. The lowest BCUT2D eigenvalue weighted by atomic mass is 10.1. The first-order valence-electron chi connectivity index (χ1n) is 10.4. The second-order valence-corrected chi connectivity index (χ2v) is 9.06. The van der Waals surface area contributed by atoms with Crippen molar-refractivity contribution in [3.05, 3.63) is 52.3 Å². The van der Waals surface area contributed by atoms with E-state index in [1.54, 1.807) is 12.1 Å². The van der Waals surface area contributed by atoms with Gasteiger partial charge in [0.15, 0.2) is 17.6 Å². The van der Waals surface area contributed by atoms with E-state index in [0.717, 1.165) is 17.0 Å². The van der Waals surface area contributed by atoms with Crippen LogP contribution in [0.4, 0.5) is 0 Å². The van der Waals surface area contributed by atoms with Crippen molar-refractivity contribution >= 4 is 35.1 Å². The fourth-order valence-corrected chi connectivity index (χ4v) is 4.66. The number of ketones is 1. The molecule has 0 aliphatic heterocycles. The van der Waals surface area contributed by atoms with Crippen LogP contribution in [0.25, 0.3) is 11.4 Å². The van der Waals surface area contributed by atoms with Gasteiger partial charge >= 0.3 is 5.97 Å². The average molecular weight is 475 g/mol. The van der Waals surface area contributed by atoms with E-state index in [0.29, 0.717) is 28.1 Å². The Morgan fingerprint density at radius 2 is 1.84 bits per heavy atom. The van der Waals surface area contributed by atoms with Crippen molar-refractivity contribution in [1.29, 1.82) is 0 Å². The van der Waals surface area contributed by atoms with E-state index in [9.17, 15) is 9.59 Å². The van der Waals surface area contributed by atoms with Crippen LogP contribution in [0.3, 0.4) is 0 Å². The number of nitrogens with zero attached hydrogens (tertiary/aromatic N) is 4. The molecule has 170 valence electrons. The van der Waals surface area contributed by atoms with Crippen LogP contribution >= 0.6 is 23.4 Å². The number of aryl methyl sites for hydroxylation is 1. The molecule has 32 heavy (non-hydrogen) atoms. The Bertz CT molecular complexity index is 1120. The number of carbonyl (C=O) groups excluding carboxylic acids is 2. The number of rotatable bonds is 9. The molecule has 0 N–H and O–H groups in total. The van der Waals surface area contributed by atoms with E-state index in [1.807, 2.05) is 43.5 Å². The van der Waals surface area contributed by atoms with Crippen molar-refractivity contribution in [3.8, 4) is 11.4 Å². The zero-order valence-electron chi connectivity index (χ0n) is 18.9. The fraction of sp³-hybridized carbons (Fsp3) is 0.391. The first-order valence-corrected chi connectivity index (χ1v) is 11.8. The molecular formula is C23H27ClN4O3S. The number of Topliss-reactive ketones (excluding diaryl/α,β-unsaturated/α-hetero) is 1. The topological polar surface area (TPSA) is 79.0 Å². The summed E-state index contributed by atoms with van der Waals surface area (Å²) < 4.78 is 9.25. The summed E-state index contributed by atoms with van der Waals surface area (Å²) >= 11 is 7.19. The van der Waals surface area contributed by atoms with Crippen molar-refractivity contribution < 1.29 is 14.3 Å². The maximum absolute atomic E-state index is 12.6. The number of ether oxygens (including phenoxy) is 1. The van der Waals surface area contributed by atoms with E-state index in [4.69, 9.17) is 16.3 Å². The minimum absolute atomic E-state index is 0.0387. The summed E-state index contributed by atoms with van der Waals surface area (Å²) in [7, 11) is 0. The predicted molar refractivity (Wildman–Crippen MR) is 126 cm³/mol. The predicted octanol–water partition coefficient (Wildman–Crippen LogP) is 5.14. The molecule has 0 unspecified atom stereocenters. The third-order valence-electron chi connectivity index (χ3n) is 5.12. The molecule has 3 rings (SSSR count). The van der Waals surface area contributed by atoms with Gasteiger partial charge in [-0.2, -0.15) is 0 Å². The van der Waals surface area contributed by atoms with Crippen LogP contribution in [0, 0.1) is 13.8 Å². The van der Waals surface area contributed by atoms with E-state index in [-0.39, 0.29) is 24.2 Å². The van der Waals surface area contributed by atoms with Crippen LogP contribution in [0.15, 0.2) is 35.5 Å². The van der Waals surface area contributed by atoms with Crippen LogP contribution in [0.2, 0.25) is 5.02 Å². The van der Waals surface area contributed by atoms with Gasteiger partial charge in [-0.25, -0.2) is 0 Å². The summed E-state index contributed by atoms with van der Waals surface area (Å²) in [6.07, 6.45) is 0. The van der Waals surface area contributed by atoms with Gasteiger partial charge in [-0.05, 0) is 65.0 Å². The average Bonchev–Trinajstić information content (AvgIpc) is 3.30. The van der Waals surface area contributed by atoms with Gasteiger partial charge in [-0.1, -0.05) is 23.4 Å². The van der Waals surface area contributed by atoms with Gasteiger partial charge in [0.25, 0.3) is 0 Å². The zero-order valence-corrected chi connectivity index (χ0v) is 20.5. The van der Waals surface area contributed by atoms with Crippen molar-refractivity contribution in [1.82, 2.24) is 19.3 Å². The highest BCUT2D eigenvalue weighted by Crippen LogP contribution is 2.25. The minimum atomic E-state index is -0.472. The first-order chi connectivity index (χ1) is 15.2. The number of hydrogen-bond acceptors (Lipinski definition) is 6. The van der Waals surface area contributed by atoms with Crippen LogP contribution in [0.1, 0.15) is 48.6 Å². The second kappa shape index (κ2) is 10.4. The van der Waals surface area contributed by atoms with Crippen LogP contribution in [0.5, 0.6) is 0 Å². The summed E-state index contributed by atoms with van der Waals surface area (Å²) in [6.45, 7) is 10.4. The van der Waals surface area contributed by atoms with Crippen molar-refractivity contribution in [2.24, 2.45) is 0 Å².